The van der Waals surface area contributed by atoms with Gasteiger partial charge in [0.2, 0.25) is 0 Å². The van der Waals surface area contributed by atoms with E-state index in [4.69, 9.17) is 16.1 Å². The van der Waals surface area contributed by atoms with Crippen molar-refractivity contribution in [2.24, 2.45) is 0 Å². The monoisotopic (exact) mass is 309 g/mol. The molecule has 0 aliphatic rings. The Morgan fingerprint density at radius 1 is 1.48 bits per heavy atom. The number of aromatic nitrogens is 1. The number of nitrogens with zero attached hydrogens (tertiary/aromatic N) is 2. The lowest BCUT2D eigenvalue weighted by Gasteiger charge is -2.06. The van der Waals surface area contributed by atoms with Gasteiger partial charge in [0.15, 0.2) is 0 Å². The highest BCUT2D eigenvalue weighted by Crippen LogP contribution is 2.22. The molecule has 0 saturated heterocycles. The topological polar surface area (TPSA) is 98.3 Å². The van der Waals surface area contributed by atoms with Gasteiger partial charge in [0, 0.05) is 24.2 Å². The molecule has 1 heterocycles. The van der Waals surface area contributed by atoms with Gasteiger partial charge in [0.1, 0.15) is 5.76 Å². The molecule has 21 heavy (non-hydrogen) atoms. The predicted molar refractivity (Wildman–Crippen MR) is 75.3 cm³/mol. The van der Waals surface area contributed by atoms with E-state index in [1.165, 1.54) is 12.1 Å². The lowest BCUT2D eigenvalue weighted by atomic mass is 10.1. The van der Waals surface area contributed by atoms with Crippen LogP contribution < -0.4 is 5.32 Å². The molecule has 0 spiro atoms. The molecule has 2 aromatic rings. The largest absolute Gasteiger partial charge is 0.361 e. The van der Waals surface area contributed by atoms with Gasteiger partial charge in [-0.05, 0) is 19.9 Å². The fraction of sp³-hybridized carbons (Fsp3) is 0.231. The Bertz CT molecular complexity index is 692. The van der Waals surface area contributed by atoms with Crippen molar-refractivity contribution in [3.63, 3.8) is 0 Å². The van der Waals surface area contributed by atoms with E-state index in [1.807, 2.05) is 0 Å². The molecular weight excluding hydrogens is 298 g/mol. The minimum atomic E-state index is -0.572. The molecule has 0 saturated carbocycles. The Balaban J connectivity index is 2.12. The van der Waals surface area contributed by atoms with Crippen LogP contribution in [-0.2, 0) is 6.54 Å². The molecule has 1 aromatic heterocycles. The van der Waals surface area contributed by atoms with Crippen molar-refractivity contribution in [2.75, 3.05) is 0 Å². The van der Waals surface area contributed by atoms with Crippen molar-refractivity contribution >= 4 is 23.2 Å². The van der Waals surface area contributed by atoms with Crippen LogP contribution in [0.1, 0.15) is 27.4 Å². The van der Waals surface area contributed by atoms with Crippen LogP contribution in [0.25, 0.3) is 0 Å². The Kier molecular flexibility index (Phi) is 4.23. The summed E-state index contributed by atoms with van der Waals surface area (Å²) in [5.41, 5.74) is 1.50. The number of nitrogens with one attached hydrogen (secondary N) is 1. The minimum Gasteiger partial charge on any atom is -0.361 e. The molecule has 0 fully saturated rings. The van der Waals surface area contributed by atoms with Crippen molar-refractivity contribution in [1.29, 1.82) is 0 Å². The summed E-state index contributed by atoms with van der Waals surface area (Å²) in [6.45, 7) is 3.77. The van der Waals surface area contributed by atoms with Gasteiger partial charge in [0.05, 0.1) is 21.2 Å². The average Bonchev–Trinajstić information content (AvgIpc) is 2.75. The normalized spacial score (nSPS) is 10.4. The summed E-state index contributed by atoms with van der Waals surface area (Å²) in [5.74, 6) is 0.206. The minimum absolute atomic E-state index is 0.0282. The molecule has 110 valence electrons. The number of carbonyl (C=O) groups is 1. The van der Waals surface area contributed by atoms with Crippen LogP contribution in [0.3, 0.4) is 0 Å². The number of carbonyl (C=O) groups excluding carboxylic acids is 1. The van der Waals surface area contributed by atoms with Crippen LogP contribution in [0.4, 0.5) is 5.69 Å². The molecule has 0 aliphatic carbocycles. The Morgan fingerprint density at radius 2 is 2.19 bits per heavy atom. The second-order valence-corrected chi connectivity index (χ2v) is 4.81. The zero-order valence-corrected chi connectivity index (χ0v) is 12.1. The zero-order chi connectivity index (χ0) is 15.6. The summed E-state index contributed by atoms with van der Waals surface area (Å²) in [5, 5.41) is 17.1. The summed E-state index contributed by atoms with van der Waals surface area (Å²) in [7, 11) is 0. The number of aryl methyl sites for hydroxylation is 2. The van der Waals surface area contributed by atoms with Gasteiger partial charge in [-0.15, -0.1) is 0 Å². The van der Waals surface area contributed by atoms with E-state index in [0.717, 1.165) is 11.6 Å². The van der Waals surface area contributed by atoms with Crippen molar-refractivity contribution in [2.45, 2.75) is 20.4 Å². The van der Waals surface area contributed by atoms with Crippen molar-refractivity contribution in [3.8, 4) is 0 Å². The summed E-state index contributed by atoms with van der Waals surface area (Å²) in [6, 6.07) is 3.70. The molecule has 8 heteroatoms. The first-order valence-corrected chi connectivity index (χ1v) is 6.42. The average molecular weight is 310 g/mol. The van der Waals surface area contributed by atoms with Crippen LogP contribution in [0.2, 0.25) is 5.02 Å². The van der Waals surface area contributed by atoms with Crippen molar-refractivity contribution in [3.05, 3.63) is 55.9 Å². The summed E-state index contributed by atoms with van der Waals surface area (Å²) in [6.07, 6.45) is 0. The van der Waals surface area contributed by atoms with E-state index in [-0.39, 0.29) is 22.8 Å². The van der Waals surface area contributed by atoms with Gasteiger partial charge < -0.3 is 9.84 Å². The van der Waals surface area contributed by atoms with E-state index >= 15 is 0 Å². The molecular formula is C13H12ClN3O4. The maximum absolute atomic E-state index is 12.0. The maximum Gasteiger partial charge on any atom is 0.270 e. The zero-order valence-electron chi connectivity index (χ0n) is 11.3. The molecule has 0 unspecified atom stereocenters. The number of amides is 1. The number of non-ortho nitro benzene ring substituents is 1. The second-order valence-electron chi connectivity index (χ2n) is 4.41. The molecule has 2 rings (SSSR count). The van der Waals surface area contributed by atoms with E-state index in [2.05, 4.69) is 10.5 Å². The first-order valence-electron chi connectivity index (χ1n) is 6.04. The van der Waals surface area contributed by atoms with Crippen LogP contribution >= 0.6 is 11.6 Å². The molecule has 7 nitrogen and oxygen atoms in total. The SMILES string of the molecule is Cc1noc(C)c1CNC(=O)c1ccc([N+](=O)[O-])cc1Cl. The van der Waals surface area contributed by atoms with Crippen LogP contribution in [0.5, 0.6) is 0 Å². The Morgan fingerprint density at radius 3 is 2.71 bits per heavy atom. The number of halogens is 1. The smallest absolute Gasteiger partial charge is 0.270 e. The first kappa shape index (κ1) is 15.0. The van der Waals surface area contributed by atoms with E-state index < -0.39 is 10.8 Å². The molecule has 0 aliphatic heterocycles. The molecule has 1 N–H and O–H groups in total. The summed E-state index contributed by atoms with van der Waals surface area (Å²) in [4.78, 5) is 22.1. The predicted octanol–water partition coefficient (Wildman–Crippen LogP) is 2.78. The molecule has 1 amide bonds. The number of hydrogen-bond acceptors (Lipinski definition) is 5. The number of nitro groups is 1. The summed E-state index contributed by atoms with van der Waals surface area (Å²) >= 11 is 5.90. The second kappa shape index (κ2) is 5.92. The van der Waals surface area contributed by atoms with Gasteiger partial charge in [0.25, 0.3) is 11.6 Å². The highest BCUT2D eigenvalue weighted by molar-refractivity contribution is 6.34. The van der Waals surface area contributed by atoms with Gasteiger partial charge in [-0.1, -0.05) is 16.8 Å². The third-order valence-corrected chi connectivity index (χ3v) is 3.33. The number of rotatable bonds is 4. The van der Waals surface area contributed by atoms with Gasteiger partial charge in [-0.3, -0.25) is 14.9 Å². The standard InChI is InChI=1S/C13H12ClN3O4/c1-7-11(8(2)21-16-7)6-15-13(18)10-4-3-9(17(19)20)5-12(10)14/h3-5H,6H2,1-2H3,(H,15,18). The lowest BCUT2D eigenvalue weighted by molar-refractivity contribution is -0.384. The van der Waals surface area contributed by atoms with E-state index in [1.54, 1.807) is 13.8 Å². The van der Waals surface area contributed by atoms with Gasteiger partial charge in [-0.2, -0.15) is 0 Å². The molecule has 0 bridgehead atoms. The first-order chi connectivity index (χ1) is 9.90. The van der Waals surface area contributed by atoms with Gasteiger partial charge in [-0.25, -0.2) is 0 Å². The van der Waals surface area contributed by atoms with Crippen molar-refractivity contribution in [1.82, 2.24) is 10.5 Å². The maximum atomic E-state index is 12.0. The van der Waals surface area contributed by atoms with E-state index in [9.17, 15) is 14.9 Å². The van der Waals surface area contributed by atoms with Gasteiger partial charge >= 0.3 is 0 Å². The van der Waals surface area contributed by atoms with Crippen LogP contribution in [0, 0.1) is 24.0 Å². The molecule has 1 aromatic carbocycles. The lowest BCUT2D eigenvalue weighted by Crippen LogP contribution is -2.23. The fourth-order valence-corrected chi connectivity index (χ4v) is 2.08. The Hall–Kier alpha value is -2.41. The molecule has 0 radical (unpaired) electrons. The van der Waals surface area contributed by atoms with E-state index in [0.29, 0.717) is 11.5 Å². The molecule has 0 atom stereocenters. The third kappa shape index (κ3) is 3.19. The van der Waals surface area contributed by atoms with Crippen LogP contribution in [-0.4, -0.2) is 16.0 Å². The highest BCUT2D eigenvalue weighted by Gasteiger charge is 2.16. The number of nitro benzene ring substituents is 1. The third-order valence-electron chi connectivity index (χ3n) is 3.02. The summed E-state index contributed by atoms with van der Waals surface area (Å²) < 4.78 is 5.00. The van der Waals surface area contributed by atoms with Crippen molar-refractivity contribution < 1.29 is 14.2 Å². The number of hydrogen-bond donors (Lipinski definition) is 1. The quantitative estimate of drug-likeness (QED) is 0.691. The highest BCUT2D eigenvalue weighted by atomic mass is 35.5. The fourth-order valence-electron chi connectivity index (χ4n) is 1.82. The van der Waals surface area contributed by atoms with Crippen LogP contribution in [0.15, 0.2) is 22.7 Å². The Labute approximate surface area is 125 Å². The number of benzene rings is 1.